The first-order valence-electron chi connectivity index (χ1n) is 6.76. The molecule has 1 aromatic heterocycles. The fourth-order valence-corrected chi connectivity index (χ4v) is 1.94. The van der Waals surface area contributed by atoms with Crippen LogP contribution < -0.4 is 5.43 Å². The number of halogens is 3. The molecule has 5 nitrogen and oxygen atoms in total. The van der Waals surface area contributed by atoms with E-state index in [4.69, 9.17) is 0 Å². The Kier molecular flexibility index (Phi) is 4.83. The number of hydrogen-bond donors (Lipinski definition) is 1. The summed E-state index contributed by atoms with van der Waals surface area (Å²) < 4.78 is 38.8. The van der Waals surface area contributed by atoms with Gasteiger partial charge in [-0.25, -0.2) is 5.43 Å². The Bertz CT molecular complexity index is 717. The van der Waals surface area contributed by atoms with Crippen LogP contribution >= 0.6 is 0 Å². The van der Waals surface area contributed by atoms with E-state index >= 15 is 0 Å². The molecule has 1 aromatic carbocycles. The second-order valence-corrected chi connectivity index (χ2v) is 5.00. The van der Waals surface area contributed by atoms with E-state index in [9.17, 15) is 18.0 Å². The van der Waals surface area contributed by atoms with E-state index in [0.29, 0.717) is 5.56 Å². The largest absolute Gasteiger partial charge is 0.416 e. The normalized spacial score (nSPS) is 11.9. The zero-order chi connectivity index (χ0) is 17.0. The number of alkyl halides is 3. The summed E-state index contributed by atoms with van der Waals surface area (Å²) in [4.78, 5) is 11.7. The SMILES string of the molecule is Cc1cc(C)n(CC(=O)N/N=C/c2ccc(C(F)(F)F)cc2)n1. The van der Waals surface area contributed by atoms with Crippen LogP contribution in [0.2, 0.25) is 0 Å². The molecule has 0 saturated carbocycles. The predicted octanol–water partition coefficient (Wildman–Crippen LogP) is 2.67. The minimum atomic E-state index is -4.37. The number of aryl methyl sites for hydroxylation is 2. The third-order valence-electron chi connectivity index (χ3n) is 3.04. The highest BCUT2D eigenvalue weighted by molar-refractivity contribution is 5.82. The van der Waals surface area contributed by atoms with Gasteiger partial charge in [-0.15, -0.1) is 0 Å². The van der Waals surface area contributed by atoms with E-state index in [1.165, 1.54) is 23.0 Å². The minimum Gasteiger partial charge on any atom is -0.271 e. The molecule has 0 fully saturated rings. The molecule has 122 valence electrons. The summed E-state index contributed by atoms with van der Waals surface area (Å²) in [7, 11) is 0. The van der Waals surface area contributed by atoms with Gasteiger partial charge in [0.05, 0.1) is 17.5 Å². The molecule has 0 atom stereocenters. The lowest BCUT2D eigenvalue weighted by molar-refractivity contribution is -0.137. The number of nitrogens with one attached hydrogen (secondary N) is 1. The van der Waals surface area contributed by atoms with Crippen LogP contribution in [0.4, 0.5) is 13.2 Å². The van der Waals surface area contributed by atoms with Gasteiger partial charge < -0.3 is 0 Å². The smallest absolute Gasteiger partial charge is 0.271 e. The van der Waals surface area contributed by atoms with Crippen molar-refractivity contribution in [1.82, 2.24) is 15.2 Å². The summed E-state index contributed by atoms with van der Waals surface area (Å²) in [5.74, 6) is -0.376. The van der Waals surface area contributed by atoms with Gasteiger partial charge in [-0.3, -0.25) is 9.48 Å². The van der Waals surface area contributed by atoms with Gasteiger partial charge in [-0.05, 0) is 37.6 Å². The van der Waals surface area contributed by atoms with Crippen molar-refractivity contribution in [3.8, 4) is 0 Å². The quantitative estimate of drug-likeness (QED) is 0.694. The van der Waals surface area contributed by atoms with Crippen LogP contribution in [0.25, 0.3) is 0 Å². The number of nitrogens with zero attached hydrogens (tertiary/aromatic N) is 3. The van der Waals surface area contributed by atoms with Crippen LogP contribution in [0, 0.1) is 13.8 Å². The number of hydrazone groups is 1. The number of aromatic nitrogens is 2. The highest BCUT2D eigenvalue weighted by atomic mass is 19.4. The molecule has 23 heavy (non-hydrogen) atoms. The lowest BCUT2D eigenvalue weighted by atomic mass is 10.1. The van der Waals surface area contributed by atoms with E-state index in [-0.39, 0.29) is 12.5 Å². The van der Waals surface area contributed by atoms with Gasteiger partial charge in [-0.1, -0.05) is 12.1 Å². The first-order chi connectivity index (χ1) is 10.8. The molecule has 2 rings (SSSR count). The fourth-order valence-electron chi connectivity index (χ4n) is 1.94. The molecule has 0 spiro atoms. The van der Waals surface area contributed by atoms with Crippen molar-refractivity contribution in [2.24, 2.45) is 5.10 Å². The first kappa shape index (κ1) is 16.7. The molecule has 0 aliphatic carbocycles. The maximum Gasteiger partial charge on any atom is 0.416 e. The summed E-state index contributed by atoms with van der Waals surface area (Å²) in [6.07, 6.45) is -3.09. The zero-order valence-electron chi connectivity index (χ0n) is 12.6. The number of rotatable bonds is 4. The average Bonchev–Trinajstić information content (AvgIpc) is 2.76. The van der Waals surface area contributed by atoms with Crippen LogP contribution in [0.1, 0.15) is 22.5 Å². The summed E-state index contributed by atoms with van der Waals surface area (Å²) in [5, 5.41) is 7.87. The second-order valence-electron chi connectivity index (χ2n) is 5.00. The average molecular weight is 324 g/mol. The van der Waals surface area contributed by atoms with Gasteiger partial charge in [-0.2, -0.15) is 23.4 Å². The van der Waals surface area contributed by atoms with Crippen LogP contribution in [-0.4, -0.2) is 21.9 Å². The molecule has 0 unspecified atom stereocenters. The van der Waals surface area contributed by atoms with E-state index in [1.807, 2.05) is 19.9 Å². The summed E-state index contributed by atoms with van der Waals surface area (Å²) in [6.45, 7) is 3.67. The maximum atomic E-state index is 12.4. The summed E-state index contributed by atoms with van der Waals surface area (Å²) >= 11 is 0. The summed E-state index contributed by atoms with van der Waals surface area (Å²) in [6, 6.07) is 6.32. The van der Waals surface area contributed by atoms with Crippen LogP contribution in [-0.2, 0) is 17.5 Å². The first-order valence-corrected chi connectivity index (χ1v) is 6.76. The molecule has 8 heteroatoms. The standard InChI is InChI=1S/C15H15F3N4O/c1-10-7-11(2)22(21-10)9-14(23)20-19-8-12-3-5-13(6-4-12)15(16,17)18/h3-8H,9H2,1-2H3,(H,20,23)/b19-8+. The zero-order valence-corrected chi connectivity index (χ0v) is 12.6. The minimum absolute atomic E-state index is 0.0179. The van der Waals surface area contributed by atoms with Gasteiger partial charge in [0.2, 0.25) is 0 Å². The molecule has 0 aliphatic heterocycles. The molecule has 1 N–H and O–H groups in total. The Morgan fingerprint density at radius 2 is 1.96 bits per heavy atom. The van der Waals surface area contributed by atoms with Crippen molar-refractivity contribution in [2.45, 2.75) is 26.6 Å². The lowest BCUT2D eigenvalue weighted by Gasteiger charge is -2.05. The lowest BCUT2D eigenvalue weighted by Crippen LogP contribution is -2.24. The van der Waals surface area contributed by atoms with Gasteiger partial charge in [0.25, 0.3) is 5.91 Å². The van der Waals surface area contributed by atoms with Crippen molar-refractivity contribution in [1.29, 1.82) is 0 Å². The van der Waals surface area contributed by atoms with Crippen molar-refractivity contribution in [2.75, 3.05) is 0 Å². The van der Waals surface area contributed by atoms with Gasteiger partial charge >= 0.3 is 6.18 Å². The van der Waals surface area contributed by atoms with Crippen molar-refractivity contribution >= 4 is 12.1 Å². The number of benzene rings is 1. The highest BCUT2D eigenvalue weighted by Gasteiger charge is 2.29. The maximum absolute atomic E-state index is 12.4. The Labute approximate surface area is 130 Å². The van der Waals surface area contributed by atoms with Crippen LogP contribution in [0.3, 0.4) is 0 Å². The topological polar surface area (TPSA) is 59.3 Å². The van der Waals surface area contributed by atoms with Crippen LogP contribution in [0.15, 0.2) is 35.4 Å². The molecule has 0 aliphatic rings. The molecular formula is C15H15F3N4O. The summed E-state index contributed by atoms with van der Waals surface area (Å²) in [5.41, 5.74) is 3.68. The Morgan fingerprint density at radius 3 is 2.48 bits per heavy atom. The van der Waals surface area contributed by atoms with Crippen molar-refractivity contribution in [3.63, 3.8) is 0 Å². The third kappa shape index (κ3) is 4.67. The molecule has 0 radical (unpaired) electrons. The molecule has 2 aromatic rings. The number of carbonyl (C=O) groups excluding carboxylic acids is 1. The van der Waals surface area contributed by atoms with E-state index in [0.717, 1.165) is 23.5 Å². The number of amides is 1. The van der Waals surface area contributed by atoms with Crippen LogP contribution in [0.5, 0.6) is 0 Å². The molecular weight excluding hydrogens is 309 g/mol. The Balaban J connectivity index is 1.91. The van der Waals surface area contributed by atoms with Crippen molar-refractivity contribution in [3.05, 3.63) is 52.8 Å². The number of hydrogen-bond acceptors (Lipinski definition) is 3. The molecule has 1 heterocycles. The third-order valence-corrected chi connectivity index (χ3v) is 3.04. The van der Waals surface area contributed by atoms with Gasteiger partial charge in [0, 0.05) is 5.69 Å². The van der Waals surface area contributed by atoms with Crippen molar-refractivity contribution < 1.29 is 18.0 Å². The number of carbonyl (C=O) groups is 1. The molecule has 1 amide bonds. The fraction of sp³-hybridized carbons (Fsp3) is 0.267. The molecule has 0 saturated heterocycles. The molecule has 0 bridgehead atoms. The Morgan fingerprint density at radius 1 is 1.30 bits per heavy atom. The van der Waals surface area contributed by atoms with E-state index < -0.39 is 11.7 Å². The highest BCUT2D eigenvalue weighted by Crippen LogP contribution is 2.28. The van der Waals surface area contributed by atoms with E-state index in [2.05, 4.69) is 15.6 Å². The predicted molar refractivity (Wildman–Crippen MR) is 78.9 cm³/mol. The Hall–Kier alpha value is -2.64. The monoisotopic (exact) mass is 324 g/mol. The van der Waals surface area contributed by atoms with E-state index in [1.54, 1.807) is 0 Å². The van der Waals surface area contributed by atoms with Gasteiger partial charge in [0.1, 0.15) is 6.54 Å². The van der Waals surface area contributed by atoms with Gasteiger partial charge in [0.15, 0.2) is 0 Å². The second kappa shape index (κ2) is 6.64.